The molecule has 1 fully saturated rings. The molecule has 1 aliphatic heterocycles. The Kier molecular flexibility index (Phi) is 4.66. The monoisotopic (exact) mass is 345 g/mol. The minimum absolute atomic E-state index is 0.133. The van der Waals surface area contributed by atoms with E-state index < -0.39 is 4.92 Å². The number of para-hydroxylation sites is 2. The van der Waals surface area contributed by atoms with Crippen molar-refractivity contribution in [1.29, 1.82) is 0 Å². The fourth-order valence-electron chi connectivity index (χ4n) is 2.84. The number of piperazine rings is 1. The summed E-state index contributed by atoms with van der Waals surface area (Å²) in [5, 5.41) is 11.8. The summed E-state index contributed by atoms with van der Waals surface area (Å²) in [6, 6.07) is 13.6. The van der Waals surface area contributed by atoms with Crippen LogP contribution in [0.1, 0.15) is 10.4 Å². The van der Waals surface area contributed by atoms with Gasteiger partial charge in [0.15, 0.2) is 0 Å². The van der Waals surface area contributed by atoms with Gasteiger partial charge in [-0.15, -0.1) is 0 Å². The summed E-state index contributed by atoms with van der Waals surface area (Å²) in [5.74, 6) is -0.305. The molecule has 0 spiro atoms. The van der Waals surface area contributed by atoms with Crippen LogP contribution >= 0.6 is 11.6 Å². The third-order valence-corrected chi connectivity index (χ3v) is 4.41. The van der Waals surface area contributed by atoms with Crippen LogP contribution < -0.4 is 4.90 Å². The molecule has 0 unspecified atom stereocenters. The van der Waals surface area contributed by atoms with E-state index in [1.54, 1.807) is 17.0 Å². The van der Waals surface area contributed by atoms with Gasteiger partial charge in [-0.2, -0.15) is 0 Å². The molecule has 0 radical (unpaired) electrons. The highest BCUT2D eigenvalue weighted by Crippen LogP contribution is 2.27. The van der Waals surface area contributed by atoms with E-state index >= 15 is 0 Å². The molecule has 1 saturated heterocycles. The SMILES string of the molecule is O=C(c1ccccc1[N+](=O)[O-])N1CCN(c2ccccc2Cl)CC1. The van der Waals surface area contributed by atoms with Crippen molar-refractivity contribution >= 4 is 28.9 Å². The third kappa shape index (κ3) is 3.19. The average molecular weight is 346 g/mol. The molecule has 0 bridgehead atoms. The number of hydrogen-bond acceptors (Lipinski definition) is 4. The maximum Gasteiger partial charge on any atom is 0.282 e. The van der Waals surface area contributed by atoms with Gasteiger partial charge in [-0.1, -0.05) is 35.9 Å². The Morgan fingerprint density at radius 2 is 1.62 bits per heavy atom. The summed E-state index contributed by atoms with van der Waals surface area (Å²) in [6.45, 7) is 2.26. The number of amides is 1. The molecule has 0 N–H and O–H groups in total. The molecule has 1 amide bonds. The first-order valence-corrected chi connectivity index (χ1v) is 7.98. The molecule has 2 aromatic carbocycles. The lowest BCUT2D eigenvalue weighted by Gasteiger charge is -2.36. The van der Waals surface area contributed by atoms with Gasteiger partial charge in [0.1, 0.15) is 5.56 Å². The molecule has 0 atom stereocenters. The number of nitro benzene ring substituents is 1. The van der Waals surface area contributed by atoms with E-state index in [1.807, 2.05) is 24.3 Å². The van der Waals surface area contributed by atoms with Crippen LogP contribution in [0.25, 0.3) is 0 Å². The van der Waals surface area contributed by atoms with Gasteiger partial charge >= 0.3 is 0 Å². The highest BCUT2D eigenvalue weighted by atomic mass is 35.5. The van der Waals surface area contributed by atoms with Crippen LogP contribution in [0.15, 0.2) is 48.5 Å². The lowest BCUT2D eigenvalue weighted by atomic mass is 10.1. The van der Waals surface area contributed by atoms with Crippen molar-refractivity contribution in [3.8, 4) is 0 Å². The van der Waals surface area contributed by atoms with E-state index in [4.69, 9.17) is 11.6 Å². The lowest BCUT2D eigenvalue weighted by Crippen LogP contribution is -2.49. The van der Waals surface area contributed by atoms with Gasteiger partial charge in [0.05, 0.1) is 15.6 Å². The molecule has 6 nitrogen and oxygen atoms in total. The van der Waals surface area contributed by atoms with Crippen molar-refractivity contribution < 1.29 is 9.72 Å². The summed E-state index contributed by atoms with van der Waals surface area (Å²) in [6.07, 6.45) is 0. The van der Waals surface area contributed by atoms with Crippen LogP contribution in [0.4, 0.5) is 11.4 Å². The maximum atomic E-state index is 12.6. The largest absolute Gasteiger partial charge is 0.367 e. The Hall–Kier alpha value is -2.60. The summed E-state index contributed by atoms with van der Waals surface area (Å²) < 4.78 is 0. The average Bonchev–Trinajstić information content (AvgIpc) is 2.62. The summed E-state index contributed by atoms with van der Waals surface area (Å²) in [4.78, 5) is 27.0. The number of carbonyl (C=O) groups excluding carboxylic acids is 1. The van der Waals surface area contributed by atoms with Crippen molar-refractivity contribution in [3.63, 3.8) is 0 Å². The second-order valence-electron chi connectivity index (χ2n) is 5.50. The fourth-order valence-corrected chi connectivity index (χ4v) is 3.10. The number of hydrogen-bond donors (Lipinski definition) is 0. The second kappa shape index (κ2) is 6.88. The van der Waals surface area contributed by atoms with Gasteiger partial charge in [-0.3, -0.25) is 14.9 Å². The lowest BCUT2D eigenvalue weighted by molar-refractivity contribution is -0.385. The fraction of sp³-hybridized carbons (Fsp3) is 0.235. The van der Waals surface area contributed by atoms with Crippen LogP contribution in [0.5, 0.6) is 0 Å². The zero-order chi connectivity index (χ0) is 17.1. The second-order valence-corrected chi connectivity index (χ2v) is 5.91. The van der Waals surface area contributed by atoms with E-state index in [0.29, 0.717) is 31.2 Å². The van der Waals surface area contributed by atoms with Crippen molar-refractivity contribution in [1.82, 2.24) is 4.90 Å². The summed E-state index contributed by atoms with van der Waals surface area (Å²) in [5.41, 5.74) is 0.918. The van der Waals surface area contributed by atoms with Crippen molar-refractivity contribution in [2.75, 3.05) is 31.1 Å². The van der Waals surface area contributed by atoms with Gasteiger partial charge < -0.3 is 9.80 Å². The quantitative estimate of drug-likeness (QED) is 0.633. The first-order chi connectivity index (χ1) is 11.6. The Balaban J connectivity index is 1.72. The molecular weight excluding hydrogens is 330 g/mol. The molecule has 1 heterocycles. The number of benzene rings is 2. The molecule has 2 aromatic rings. The normalized spacial score (nSPS) is 14.5. The highest BCUT2D eigenvalue weighted by Gasteiger charge is 2.27. The first kappa shape index (κ1) is 16.3. The molecule has 0 aromatic heterocycles. The highest BCUT2D eigenvalue weighted by molar-refractivity contribution is 6.33. The molecule has 0 saturated carbocycles. The van der Waals surface area contributed by atoms with E-state index in [9.17, 15) is 14.9 Å². The Labute approximate surface area is 144 Å². The van der Waals surface area contributed by atoms with Gasteiger partial charge in [-0.05, 0) is 18.2 Å². The standard InChI is InChI=1S/C17H16ClN3O3/c18-14-6-2-4-8-16(14)19-9-11-20(12-10-19)17(22)13-5-1-3-7-15(13)21(23)24/h1-8H,9-12H2. The van der Waals surface area contributed by atoms with Gasteiger partial charge in [-0.25, -0.2) is 0 Å². The van der Waals surface area contributed by atoms with Crippen molar-refractivity contribution in [2.24, 2.45) is 0 Å². The zero-order valence-electron chi connectivity index (χ0n) is 12.9. The molecule has 124 valence electrons. The Bertz CT molecular complexity index is 773. The zero-order valence-corrected chi connectivity index (χ0v) is 13.6. The Morgan fingerprint density at radius 1 is 1.00 bits per heavy atom. The van der Waals surface area contributed by atoms with E-state index in [0.717, 1.165) is 5.69 Å². The number of rotatable bonds is 3. The third-order valence-electron chi connectivity index (χ3n) is 4.09. The number of halogens is 1. The molecule has 0 aliphatic carbocycles. The van der Waals surface area contributed by atoms with Crippen LogP contribution in [-0.4, -0.2) is 41.9 Å². The molecular formula is C17H16ClN3O3. The number of carbonyl (C=O) groups is 1. The molecule has 7 heteroatoms. The summed E-state index contributed by atoms with van der Waals surface area (Å²) >= 11 is 6.21. The maximum absolute atomic E-state index is 12.6. The van der Waals surface area contributed by atoms with Gasteiger partial charge in [0.25, 0.3) is 11.6 Å². The predicted molar refractivity (Wildman–Crippen MR) is 92.7 cm³/mol. The van der Waals surface area contributed by atoms with Crippen molar-refractivity contribution in [2.45, 2.75) is 0 Å². The minimum Gasteiger partial charge on any atom is -0.367 e. The molecule has 1 aliphatic rings. The predicted octanol–water partition coefficient (Wildman–Crippen LogP) is 3.21. The van der Waals surface area contributed by atoms with Crippen LogP contribution in [-0.2, 0) is 0 Å². The smallest absolute Gasteiger partial charge is 0.282 e. The van der Waals surface area contributed by atoms with Crippen LogP contribution in [0.2, 0.25) is 5.02 Å². The Morgan fingerprint density at radius 3 is 2.29 bits per heavy atom. The number of nitro groups is 1. The summed E-state index contributed by atoms with van der Waals surface area (Å²) in [7, 11) is 0. The topological polar surface area (TPSA) is 66.7 Å². The van der Waals surface area contributed by atoms with Crippen LogP contribution in [0, 0.1) is 10.1 Å². The van der Waals surface area contributed by atoms with E-state index in [-0.39, 0.29) is 17.2 Å². The van der Waals surface area contributed by atoms with Gasteiger partial charge in [0, 0.05) is 32.2 Å². The van der Waals surface area contributed by atoms with Crippen molar-refractivity contribution in [3.05, 3.63) is 69.2 Å². The number of anilines is 1. The minimum atomic E-state index is -0.521. The molecule has 24 heavy (non-hydrogen) atoms. The van der Waals surface area contributed by atoms with E-state index in [2.05, 4.69) is 4.90 Å². The first-order valence-electron chi connectivity index (χ1n) is 7.60. The number of nitrogens with zero attached hydrogens (tertiary/aromatic N) is 3. The molecule has 3 rings (SSSR count). The van der Waals surface area contributed by atoms with Crippen LogP contribution in [0.3, 0.4) is 0 Å². The van der Waals surface area contributed by atoms with Gasteiger partial charge in [0.2, 0.25) is 0 Å². The van der Waals surface area contributed by atoms with E-state index in [1.165, 1.54) is 12.1 Å².